The van der Waals surface area contributed by atoms with E-state index in [1.807, 2.05) is 0 Å². The predicted molar refractivity (Wildman–Crippen MR) is 140 cm³/mol. The molecule has 0 unspecified atom stereocenters. The number of anilines is 1. The molecule has 0 bridgehead atoms. The molecule has 4 rings (SSSR count). The molecule has 0 saturated heterocycles. The maximum Gasteiger partial charge on any atom is 0.260 e. The van der Waals surface area contributed by atoms with Crippen LogP contribution in [0.4, 0.5) is 13.9 Å². The number of carbonyl (C=O) groups is 1. The van der Waals surface area contributed by atoms with Gasteiger partial charge in [0.1, 0.15) is 11.3 Å². The molecule has 1 amide bonds. The highest BCUT2D eigenvalue weighted by Crippen LogP contribution is 2.33. The zero-order valence-corrected chi connectivity index (χ0v) is 21.2. The Kier molecular flexibility index (Phi) is 7.86. The Morgan fingerprint density at radius 1 is 1.05 bits per heavy atom. The van der Waals surface area contributed by atoms with Crippen LogP contribution in [0.25, 0.3) is 10.2 Å². The first kappa shape index (κ1) is 26.3. The van der Waals surface area contributed by atoms with Gasteiger partial charge in [0.05, 0.1) is 16.1 Å². The average molecular weight is 541 g/mol. The fraction of sp³-hybridized carbons (Fsp3) is 0.115. The summed E-state index contributed by atoms with van der Waals surface area (Å²) in [6.45, 7) is 7.44. The summed E-state index contributed by atoms with van der Waals surface area (Å²) in [6, 6.07) is 10.9. The first-order chi connectivity index (χ1) is 17.7. The summed E-state index contributed by atoms with van der Waals surface area (Å²) in [6.07, 6.45) is 6.12. The normalized spacial score (nSPS) is 11.5. The minimum absolute atomic E-state index is 0.00379. The van der Waals surface area contributed by atoms with E-state index in [1.165, 1.54) is 45.6 Å². The number of halogens is 2. The highest BCUT2D eigenvalue weighted by Gasteiger charge is 2.26. The van der Waals surface area contributed by atoms with E-state index in [1.54, 1.807) is 24.5 Å². The molecule has 2 aromatic heterocycles. The van der Waals surface area contributed by atoms with Crippen molar-refractivity contribution in [2.24, 2.45) is 0 Å². The summed E-state index contributed by atoms with van der Waals surface area (Å²) in [5.41, 5.74) is 0.828. The third kappa shape index (κ3) is 5.63. The van der Waals surface area contributed by atoms with Crippen LogP contribution in [0.15, 0.2) is 91.1 Å². The second-order valence-corrected chi connectivity index (χ2v) is 10.9. The molecular weight excluding hydrogens is 518 g/mol. The monoisotopic (exact) mass is 540 g/mol. The molecule has 0 aliphatic rings. The molecule has 0 saturated carbocycles. The summed E-state index contributed by atoms with van der Waals surface area (Å²) < 4.78 is 55.5. The highest BCUT2D eigenvalue weighted by atomic mass is 32.2. The van der Waals surface area contributed by atoms with Gasteiger partial charge in [0, 0.05) is 37.1 Å². The third-order valence-corrected chi connectivity index (χ3v) is 8.22. The van der Waals surface area contributed by atoms with Gasteiger partial charge in [-0.15, -0.1) is 13.2 Å². The number of rotatable bonds is 10. The Morgan fingerprint density at radius 2 is 1.76 bits per heavy atom. The lowest BCUT2D eigenvalue weighted by Crippen LogP contribution is -2.32. The fourth-order valence-corrected chi connectivity index (χ4v) is 5.98. The maximum atomic E-state index is 14.3. The molecule has 0 N–H and O–H groups in total. The van der Waals surface area contributed by atoms with Gasteiger partial charge in [-0.05, 0) is 42.0 Å². The highest BCUT2D eigenvalue weighted by molar-refractivity contribution is 7.89. The van der Waals surface area contributed by atoms with Crippen molar-refractivity contribution in [3.05, 3.63) is 109 Å². The largest absolute Gasteiger partial charge is 0.279 e. The Balaban J connectivity index is 1.71. The number of carbonyl (C=O) groups excluding carboxylic acids is 1. The number of nitrogens with zero attached hydrogens (tertiary/aromatic N) is 4. The van der Waals surface area contributed by atoms with Gasteiger partial charge in [0.2, 0.25) is 10.0 Å². The van der Waals surface area contributed by atoms with E-state index in [0.29, 0.717) is 5.56 Å². The van der Waals surface area contributed by atoms with Crippen LogP contribution < -0.4 is 4.90 Å². The Labute approximate surface area is 217 Å². The molecule has 37 heavy (non-hydrogen) atoms. The lowest BCUT2D eigenvalue weighted by Gasteiger charge is -2.21. The topological polar surface area (TPSA) is 83.5 Å². The van der Waals surface area contributed by atoms with Crippen LogP contribution >= 0.6 is 11.3 Å². The standard InChI is InChI=1S/C26H22F2N4O3S2/c1-3-12-31(13-4-2)37(34,35)21-9-7-19(8-10-21)25(33)32(17-18-6-5-11-29-16-18)26-30-24-22(28)14-20(27)15-23(24)36-26/h3-11,14-16H,1-2,12-13,17H2. The van der Waals surface area contributed by atoms with Gasteiger partial charge in [-0.25, -0.2) is 22.2 Å². The van der Waals surface area contributed by atoms with E-state index in [4.69, 9.17) is 0 Å². The first-order valence-electron chi connectivity index (χ1n) is 11.0. The van der Waals surface area contributed by atoms with Crippen molar-refractivity contribution in [3.8, 4) is 0 Å². The van der Waals surface area contributed by atoms with Crippen molar-refractivity contribution in [3.63, 3.8) is 0 Å². The number of thiazole rings is 1. The summed E-state index contributed by atoms with van der Waals surface area (Å²) in [5, 5.41) is 0.160. The van der Waals surface area contributed by atoms with Gasteiger partial charge in [-0.3, -0.25) is 14.7 Å². The minimum Gasteiger partial charge on any atom is -0.279 e. The fourth-order valence-electron chi connectivity index (χ4n) is 3.59. The molecule has 0 aliphatic carbocycles. The van der Waals surface area contributed by atoms with Gasteiger partial charge in [-0.1, -0.05) is 29.6 Å². The molecule has 7 nitrogen and oxygen atoms in total. The summed E-state index contributed by atoms with van der Waals surface area (Å²) in [7, 11) is -3.84. The Morgan fingerprint density at radius 3 is 2.38 bits per heavy atom. The van der Waals surface area contributed by atoms with Gasteiger partial charge < -0.3 is 0 Å². The molecule has 0 aliphatic heterocycles. The third-order valence-electron chi connectivity index (χ3n) is 5.35. The zero-order valence-electron chi connectivity index (χ0n) is 19.5. The molecular formula is C26H22F2N4O3S2. The van der Waals surface area contributed by atoms with Gasteiger partial charge >= 0.3 is 0 Å². The number of amides is 1. The molecule has 2 aromatic carbocycles. The molecule has 11 heteroatoms. The molecule has 0 radical (unpaired) electrons. The summed E-state index contributed by atoms with van der Waals surface area (Å²) >= 11 is 0.970. The van der Waals surface area contributed by atoms with Crippen LogP contribution in [-0.4, -0.2) is 41.7 Å². The van der Waals surface area contributed by atoms with Crippen molar-refractivity contribution in [1.82, 2.24) is 14.3 Å². The number of benzene rings is 2. The molecule has 4 aromatic rings. The van der Waals surface area contributed by atoms with E-state index >= 15 is 0 Å². The molecule has 2 heterocycles. The Bertz CT molecular complexity index is 1550. The van der Waals surface area contributed by atoms with Gasteiger partial charge in [0.25, 0.3) is 5.91 Å². The van der Waals surface area contributed by atoms with E-state index in [9.17, 15) is 22.0 Å². The first-order valence-corrected chi connectivity index (χ1v) is 13.3. The zero-order chi connectivity index (χ0) is 26.6. The lowest BCUT2D eigenvalue weighted by molar-refractivity contribution is 0.0985. The van der Waals surface area contributed by atoms with Crippen LogP contribution in [-0.2, 0) is 16.6 Å². The van der Waals surface area contributed by atoms with E-state index in [0.717, 1.165) is 23.5 Å². The average Bonchev–Trinajstić information content (AvgIpc) is 3.31. The van der Waals surface area contributed by atoms with Crippen molar-refractivity contribution >= 4 is 42.6 Å². The van der Waals surface area contributed by atoms with Crippen molar-refractivity contribution < 1.29 is 22.0 Å². The van der Waals surface area contributed by atoms with Crippen LogP contribution in [0, 0.1) is 11.6 Å². The van der Waals surface area contributed by atoms with E-state index in [2.05, 4.69) is 23.1 Å². The predicted octanol–water partition coefficient (Wildman–Crippen LogP) is 5.18. The SMILES string of the molecule is C=CCN(CC=C)S(=O)(=O)c1ccc(C(=O)N(Cc2cccnc2)c2nc3c(F)cc(F)cc3s2)cc1. The summed E-state index contributed by atoms with van der Waals surface area (Å²) in [5.74, 6) is -2.07. The van der Waals surface area contributed by atoms with Gasteiger partial charge in [0.15, 0.2) is 10.9 Å². The van der Waals surface area contributed by atoms with Crippen LogP contribution in [0.2, 0.25) is 0 Å². The van der Waals surface area contributed by atoms with Gasteiger partial charge in [-0.2, -0.15) is 4.31 Å². The lowest BCUT2D eigenvalue weighted by atomic mass is 10.2. The van der Waals surface area contributed by atoms with Crippen LogP contribution in [0.3, 0.4) is 0 Å². The quantitative estimate of drug-likeness (QED) is 0.259. The smallest absolute Gasteiger partial charge is 0.260 e. The minimum atomic E-state index is -3.84. The molecule has 0 fully saturated rings. The molecule has 0 atom stereocenters. The van der Waals surface area contributed by atoms with E-state index < -0.39 is 27.6 Å². The second kappa shape index (κ2) is 11.1. The van der Waals surface area contributed by atoms with Crippen molar-refractivity contribution in [1.29, 1.82) is 0 Å². The second-order valence-electron chi connectivity index (χ2n) is 7.91. The molecule has 190 valence electrons. The number of sulfonamides is 1. The maximum absolute atomic E-state index is 14.3. The number of fused-ring (bicyclic) bond motifs is 1. The summed E-state index contributed by atoms with van der Waals surface area (Å²) in [4.78, 5) is 23.2. The van der Waals surface area contributed by atoms with Crippen LogP contribution in [0.5, 0.6) is 0 Å². The van der Waals surface area contributed by atoms with Crippen molar-refractivity contribution in [2.75, 3.05) is 18.0 Å². The number of aromatic nitrogens is 2. The number of hydrogen-bond donors (Lipinski definition) is 0. The van der Waals surface area contributed by atoms with E-state index in [-0.39, 0.29) is 45.4 Å². The molecule has 0 spiro atoms. The number of hydrogen-bond acceptors (Lipinski definition) is 6. The van der Waals surface area contributed by atoms with Crippen LogP contribution in [0.1, 0.15) is 15.9 Å². The van der Waals surface area contributed by atoms with Crippen molar-refractivity contribution in [2.45, 2.75) is 11.4 Å². The Hall–Kier alpha value is -3.80. The number of pyridine rings is 1.